The molecule has 0 radical (unpaired) electrons. The van der Waals surface area contributed by atoms with E-state index in [-0.39, 0.29) is 0 Å². The first kappa shape index (κ1) is 70.4. The first-order chi connectivity index (χ1) is 59.4. The molecule has 0 fully saturated rings. The Balaban J connectivity index is 0.000000140. The van der Waals surface area contributed by atoms with E-state index in [1.807, 2.05) is 114 Å². The zero-order valence-corrected chi connectivity index (χ0v) is 66.5. The molecule has 6 nitrogen and oxygen atoms in total. The predicted octanol–water partition coefficient (Wildman–Crippen LogP) is 28.8. The Kier molecular flexibility index (Phi) is 17.0. The summed E-state index contributed by atoms with van der Waals surface area (Å²) in [7, 11) is 0. The van der Waals surface area contributed by atoms with E-state index in [2.05, 4.69) is 334 Å². The lowest BCUT2D eigenvalue weighted by Gasteiger charge is -2.33. The van der Waals surface area contributed by atoms with E-state index < -0.39 is 10.8 Å². The second-order valence-electron chi connectivity index (χ2n) is 31.1. The van der Waals surface area contributed by atoms with Gasteiger partial charge in [-0.1, -0.05) is 382 Å². The van der Waals surface area contributed by atoms with E-state index >= 15 is 0 Å². The second-order valence-corrected chi connectivity index (χ2v) is 33.3. The van der Waals surface area contributed by atoms with Crippen LogP contribution in [0.4, 0.5) is 0 Å². The maximum absolute atomic E-state index is 5.04. The van der Waals surface area contributed by atoms with Gasteiger partial charge >= 0.3 is 0 Å². The average Bonchev–Trinajstić information content (AvgIpc) is 0.999. The molecule has 2 aliphatic carbocycles. The van der Waals surface area contributed by atoms with Crippen molar-refractivity contribution in [1.82, 2.24) is 29.9 Å². The third kappa shape index (κ3) is 11.8. The number of nitrogens with zero attached hydrogens (tertiary/aromatic N) is 6. The minimum atomic E-state index is -0.414. The first-order valence-electron chi connectivity index (χ1n) is 40.7. The van der Waals surface area contributed by atoms with Gasteiger partial charge < -0.3 is 0 Å². The average molecular weight is 1560 g/mol. The summed E-state index contributed by atoms with van der Waals surface area (Å²) in [4.78, 5) is 29.8. The van der Waals surface area contributed by atoms with E-state index in [1.54, 1.807) is 0 Å². The normalized spacial score (nSPS) is 12.8. The molecule has 24 rings (SSSR count). The van der Waals surface area contributed by atoms with Crippen molar-refractivity contribution >= 4 is 84.6 Å². The van der Waals surface area contributed by atoms with Gasteiger partial charge in [0.15, 0.2) is 34.9 Å². The van der Waals surface area contributed by atoms with Gasteiger partial charge in [-0.05, 0) is 153 Å². The van der Waals surface area contributed by atoms with E-state index in [0.29, 0.717) is 34.9 Å². The van der Waals surface area contributed by atoms with Crippen LogP contribution in [0.15, 0.2) is 425 Å². The van der Waals surface area contributed by atoms with Crippen LogP contribution >= 0.6 is 22.7 Å². The Morgan fingerprint density at radius 2 is 0.408 bits per heavy atom. The number of aromatic nitrogens is 6. The molecule has 0 N–H and O–H groups in total. The van der Waals surface area contributed by atoms with Crippen molar-refractivity contribution in [3.05, 3.63) is 469 Å². The molecule has 560 valence electrons. The maximum Gasteiger partial charge on any atom is 0.164 e. The summed E-state index contributed by atoms with van der Waals surface area (Å²) in [6.07, 6.45) is 0. The highest BCUT2D eigenvalue weighted by atomic mass is 32.1. The fourth-order valence-corrected chi connectivity index (χ4v) is 21.2. The van der Waals surface area contributed by atoms with Crippen molar-refractivity contribution in [3.63, 3.8) is 0 Å². The number of benzene rings is 18. The molecule has 0 atom stereocenters. The number of hydrogen-bond acceptors (Lipinski definition) is 8. The highest BCUT2D eigenvalue weighted by Crippen LogP contribution is 2.59. The molecule has 22 aromatic rings. The van der Waals surface area contributed by atoms with Crippen molar-refractivity contribution in [2.24, 2.45) is 0 Å². The van der Waals surface area contributed by atoms with Gasteiger partial charge in [0.25, 0.3) is 0 Å². The molecule has 0 saturated carbocycles. The maximum atomic E-state index is 5.04. The van der Waals surface area contributed by atoms with Gasteiger partial charge in [0.1, 0.15) is 0 Å². The van der Waals surface area contributed by atoms with Gasteiger partial charge in [0, 0.05) is 73.7 Å². The fourth-order valence-electron chi connectivity index (χ4n) is 18.8. The van der Waals surface area contributed by atoms with Gasteiger partial charge in [-0.2, -0.15) is 0 Å². The van der Waals surface area contributed by atoms with E-state index in [9.17, 15) is 0 Å². The van der Waals surface area contributed by atoms with Crippen LogP contribution in [0, 0.1) is 0 Å². The van der Waals surface area contributed by atoms with Crippen LogP contribution in [0.2, 0.25) is 0 Å². The van der Waals surface area contributed by atoms with Gasteiger partial charge in [0.05, 0.1) is 10.8 Å². The molecule has 4 aromatic heterocycles. The summed E-state index contributed by atoms with van der Waals surface area (Å²) < 4.78 is 5.15. The topological polar surface area (TPSA) is 77.3 Å². The largest absolute Gasteiger partial charge is 0.208 e. The van der Waals surface area contributed by atoms with Crippen LogP contribution in [0.1, 0.15) is 44.5 Å². The summed E-state index contributed by atoms with van der Waals surface area (Å²) in [6, 6.07) is 153. The number of thiophene rings is 2. The van der Waals surface area contributed by atoms with Gasteiger partial charge in [-0.15, -0.1) is 22.7 Å². The monoisotopic (exact) mass is 1560 g/mol. The predicted molar refractivity (Wildman–Crippen MR) is 499 cm³/mol. The molecule has 2 aliphatic rings. The summed E-state index contributed by atoms with van der Waals surface area (Å²) in [5.74, 6) is 3.93. The molecule has 0 unspecified atom stereocenters. The van der Waals surface area contributed by atoms with Crippen LogP contribution in [0.3, 0.4) is 0 Å². The first-order valence-corrected chi connectivity index (χ1v) is 42.3. The Labute approximate surface area is 702 Å². The van der Waals surface area contributed by atoms with Crippen molar-refractivity contribution in [3.8, 4) is 113 Å². The Morgan fingerprint density at radius 3 is 0.808 bits per heavy atom. The van der Waals surface area contributed by atoms with Crippen molar-refractivity contribution in [2.75, 3.05) is 0 Å². The molecule has 0 saturated heterocycles. The Morgan fingerprint density at radius 1 is 0.158 bits per heavy atom. The molecule has 120 heavy (non-hydrogen) atoms. The lowest BCUT2D eigenvalue weighted by Crippen LogP contribution is -2.28. The van der Waals surface area contributed by atoms with E-state index in [4.69, 9.17) is 29.9 Å². The molecular weight excluding hydrogens is 1490 g/mol. The molecule has 0 spiro atoms. The second kappa shape index (κ2) is 29.0. The molecule has 18 aromatic carbocycles. The highest BCUT2D eigenvalue weighted by molar-refractivity contribution is 7.26. The number of fused-ring (bicyclic) bond motifs is 14. The van der Waals surface area contributed by atoms with E-state index in [1.165, 1.54) is 135 Å². The molecule has 0 amide bonds. The lowest BCUT2D eigenvalue weighted by atomic mass is 9.67. The summed E-state index contributed by atoms with van der Waals surface area (Å²) in [5.41, 5.74) is 25.4. The van der Waals surface area contributed by atoms with Gasteiger partial charge in [-0.25, -0.2) is 29.9 Å². The summed E-state index contributed by atoms with van der Waals surface area (Å²) in [5, 5.41) is 9.80. The quantitative estimate of drug-likeness (QED) is 0.121. The lowest BCUT2D eigenvalue weighted by molar-refractivity contribution is 0.770. The number of rotatable bonds is 12. The molecule has 0 bridgehead atoms. The molecule has 4 heterocycles. The highest BCUT2D eigenvalue weighted by Gasteiger charge is 2.48. The minimum Gasteiger partial charge on any atom is -0.208 e. The SMILES string of the molecule is c1ccc(-c2nc(-c3ccc(-c4ccc5c(c4)sc4cc(C6(c7ccccc7)c7ccccc7-c7ccccc76)ccc45)cc3)nc(-c3ccc4ccccc4c3)n2)cc1.c1ccc(-c2nc(-c3ccccc3)nc(-c3ccc4cc(-c5ccc6c(c5)sc5cc(C7(c8ccccc8)c8ccccc8-c8ccccc87)ccc56)ccc4c3)n2)cc1. The van der Waals surface area contributed by atoms with Gasteiger partial charge in [0.2, 0.25) is 0 Å². The van der Waals surface area contributed by atoms with Crippen molar-refractivity contribution < 1.29 is 0 Å². The van der Waals surface area contributed by atoms with Crippen LogP contribution in [-0.2, 0) is 10.8 Å². The third-order valence-electron chi connectivity index (χ3n) is 24.4. The van der Waals surface area contributed by atoms with Crippen LogP contribution in [-0.4, -0.2) is 29.9 Å². The summed E-state index contributed by atoms with van der Waals surface area (Å²) >= 11 is 3.76. The summed E-state index contributed by atoms with van der Waals surface area (Å²) in [6.45, 7) is 0. The molecule has 0 aliphatic heterocycles. The third-order valence-corrected chi connectivity index (χ3v) is 26.6. The Bertz CT molecular complexity index is 7630. The van der Waals surface area contributed by atoms with Crippen LogP contribution in [0.5, 0.6) is 0 Å². The van der Waals surface area contributed by atoms with Gasteiger partial charge in [-0.3, -0.25) is 0 Å². The van der Waals surface area contributed by atoms with Crippen LogP contribution < -0.4 is 0 Å². The smallest absolute Gasteiger partial charge is 0.164 e. The zero-order valence-electron chi connectivity index (χ0n) is 64.9. The minimum absolute atomic E-state index is 0.410. The van der Waals surface area contributed by atoms with Crippen molar-refractivity contribution in [2.45, 2.75) is 10.8 Å². The molecular formula is C112H70N6S2. The number of hydrogen-bond donors (Lipinski definition) is 0. The standard InChI is InChI=1S/2C56H35N3S/c1-4-14-36(15-5-1)53-57-54(37-16-6-2-7-17-37)59-55(58-53)42-27-26-38-32-39(24-25-40(38)33-42)41-28-30-47-48-31-29-44(35-52(48)60-51(47)34-41)56(43-18-8-3-9-19-43)49-22-12-10-20-45(49)46-21-11-13-23-50(46)56;1-3-14-38(15-4-1)53-57-54(59-55(58-53)42-28-25-36-13-7-8-16-40(36)33-42)39-26-23-37(24-27-39)41-29-31-47-48-32-30-44(35-52(48)60-51(47)34-41)56(43-17-5-2-6-18-43)49-21-11-9-19-45(49)46-20-10-12-22-50(46)56/h2*1-35H. The van der Waals surface area contributed by atoms with E-state index in [0.717, 1.165) is 49.7 Å². The van der Waals surface area contributed by atoms with Crippen LogP contribution in [0.25, 0.3) is 175 Å². The Hall–Kier alpha value is -15.1. The molecule has 8 heteroatoms. The zero-order chi connectivity index (χ0) is 79.2. The van der Waals surface area contributed by atoms with Crippen molar-refractivity contribution in [1.29, 1.82) is 0 Å². The fraction of sp³-hybridized carbons (Fsp3) is 0.0179.